The Morgan fingerprint density at radius 3 is 2.25 bits per heavy atom. The Kier molecular flexibility index (Phi) is 5.46. The van der Waals surface area contributed by atoms with Crippen molar-refractivity contribution >= 4 is 0 Å². The maximum Gasteiger partial charge on any atom is 0.0888 e. The lowest BCUT2D eigenvalue weighted by Crippen LogP contribution is -2.71. The molecule has 0 aliphatic heterocycles. The van der Waals surface area contributed by atoms with Gasteiger partial charge in [-0.15, -0.1) is 0 Å². The molecule has 0 heterocycles. The van der Waals surface area contributed by atoms with Crippen molar-refractivity contribution < 1.29 is 0 Å². The molecule has 2 rings (SSSR count). The molecule has 0 aromatic heterocycles. The number of rotatable bonds is 4. The van der Waals surface area contributed by atoms with Gasteiger partial charge in [0.1, 0.15) is 0 Å². The van der Waals surface area contributed by atoms with E-state index in [-0.39, 0.29) is 11.7 Å². The smallest absolute Gasteiger partial charge is 0.0888 e. The monoisotopic (exact) mass is 282 g/mol. The lowest BCUT2D eigenvalue weighted by atomic mass is 9.79. The molecule has 2 fully saturated rings. The SMILES string of the molecule is CN[C@@H]1CCCC[C@H]1N(C)[C@]1(N(C)C)CCCC[C@H]1N. The first kappa shape index (κ1) is 16.2. The Balaban J connectivity index is 2.23. The third-order valence-corrected chi connectivity index (χ3v) is 5.89. The third kappa shape index (κ3) is 2.76. The first-order chi connectivity index (χ1) is 9.54. The molecule has 4 nitrogen and oxygen atoms in total. The molecule has 0 spiro atoms. The molecule has 0 unspecified atom stereocenters. The number of hydrogen-bond donors (Lipinski definition) is 2. The standard InChI is InChI=1S/C16H34N4/c1-18-13-9-5-6-10-14(13)20(4)16(19(2)3)12-8-7-11-15(16)17/h13-15,18H,5-12,17H2,1-4H3/t13-,14-,15-,16-/m1/s1. The van der Waals surface area contributed by atoms with Crippen molar-refractivity contribution in [2.75, 3.05) is 28.2 Å². The van der Waals surface area contributed by atoms with Crippen molar-refractivity contribution in [2.24, 2.45) is 5.73 Å². The fourth-order valence-electron chi connectivity index (χ4n) is 4.67. The van der Waals surface area contributed by atoms with Crippen LogP contribution in [0.5, 0.6) is 0 Å². The van der Waals surface area contributed by atoms with Crippen LogP contribution in [0.4, 0.5) is 0 Å². The fraction of sp³-hybridized carbons (Fsp3) is 1.00. The zero-order valence-electron chi connectivity index (χ0n) is 13.9. The molecule has 4 atom stereocenters. The predicted octanol–water partition coefficient (Wildman–Crippen LogP) is 1.61. The lowest BCUT2D eigenvalue weighted by Gasteiger charge is -2.57. The van der Waals surface area contributed by atoms with Crippen molar-refractivity contribution in [2.45, 2.75) is 75.2 Å². The van der Waals surface area contributed by atoms with Crippen LogP contribution in [0.25, 0.3) is 0 Å². The van der Waals surface area contributed by atoms with Crippen LogP contribution in [0.15, 0.2) is 0 Å². The fourth-order valence-corrected chi connectivity index (χ4v) is 4.67. The van der Waals surface area contributed by atoms with Gasteiger partial charge in [-0.05, 0) is 53.9 Å². The Hall–Kier alpha value is -0.160. The van der Waals surface area contributed by atoms with E-state index < -0.39 is 0 Å². The molecule has 2 aliphatic rings. The van der Waals surface area contributed by atoms with Crippen LogP contribution in [0.1, 0.15) is 51.4 Å². The number of nitrogens with one attached hydrogen (secondary N) is 1. The molecule has 0 aromatic rings. The molecule has 0 saturated heterocycles. The van der Waals surface area contributed by atoms with Gasteiger partial charge in [0, 0.05) is 18.1 Å². The summed E-state index contributed by atoms with van der Waals surface area (Å²) in [5.74, 6) is 0. The average Bonchev–Trinajstić information content (AvgIpc) is 2.46. The Labute approximate surface area is 125 Å². The van der Waals surface area contributed by atoms with Crippen molar-refractivity contribution in [3.8, 4) is 0 Å². The quantitative estimate of drug-likeness (QED) is 0.769. The molecule has 2 saturated carbocycles. The van der Waals surface area contributed by atoms with Gasteiger partial charge in [0.25, 0.3) is 0 Å². The molecule has 0 aromatic carbocycles. The summed E-state index contributed by atoms with van der Waals surface area (Å²) in [6.45, 7) is 0. The van der Waals surface area contributed by atoms with Crippen molar-refractivity contribution in [3.05, 3.63) is 0 Å². The van der Waals surface area contributed by atoms with Gasteiger partial charge in [-0.1, -0.05) is 25.7 Å². The second-order valence-corrected chi connectivity index (χ2v) is 6.98. The second kappa shape index (κ2) is 6.73. The van der Waals surface area contributed by atoms with Gasteiger partial charge in [-0.3, -0.25) is 9.80 Å². The molecule has 4 heteroatoms. The van der Waals surface area contributed by atoms with Crippen LogP contribution in [-0.4, -0.2) is 61.8 Å². The minimum Gasteiger partial charge on any atom is -0.325 e. The number of likely N-dealkylation sites (N-methyl/N-ethyl adjacent to an activating group) is 3. The van der Waals surface area contributed by atoms with E-state index in [1.807, 2.05) is 0 Å². The average molecular weight is 282 g/mol. The van der Waals surface area contributed by atoms with E-state index in [4.69, 9.17) is 5.73 Å². The van der Waals surface area contributed by atoms with Gasteiger partial charge in [-0.25, -0.2) is 0 Å². The summed E-state index contributed by atoms with van der Waals surface area (Å²) >= 11 is 0. The van der Waals surface area contributed by atoms with E-state index in [2.05, 4.69) is 43.3 Å². The van der Waals surface area contributed by atoms with Crippen LogP contribution in [0, 0.1) is 0 Å². The van der Waals surface area contributed by atoms with Crippen LogP contribution in [-0.2, 0) is 0 Å². The molecule has 3 N–H and O–H groups in total. The van der Waals surface area contributed by atoms with E-state index in [9.17, 15) is 0 Å². The molecule has 0 bridgehead atoms. The first-order valence-corrected chi connectivity index (χ1v) is 8.37. The normalized spacial score (nSPS) is 39.5. The van der Waals surface area contributed by atoms with Crippen LogP contribution < -0.4 is 11.1 Å². The van der Waals surface area contributed by atoms with Gasteiger partial charge < -0.3 is 11.1 Å². The maximum absolute atomic E-state index is 6.61. The van der Waals surface area contributed by atoms with Crippen LogP contribution >= 0.6 is 0 Å². The Bertz CT molecular complexity index is 307. The zero-order chi connectivity index (χ0) is 14.8. The van der Waals surface area contributed by atoms with E-state index in [1.165, 1.54) is 44.9 Å². The summed E-state index contributed by atoms with van der Waals surface area (Å²) in [6, 6.07) is 1.48. The molecule has 20 heavy (non-hydrogen) atoms. The number of hydrogen-bond acceptors (Lipinski definition) is 4. The highest BCUT2D eigenvalue weighted by atomic mass is 15.4. The minimum absolute atomic E-state index is 0.0371. The van der Waals surface area contributed by atoms with Crippen LogP contribution in [0.3, 0.4) is 0 Å². The Morgan fingerprint density at radius 2 is 1.65 bits per heavy atom. The topological polar surface area (TPSA) is 44.5 Å². The highest BCUT2D eigenvalue weighted by molar-refractivity contribution is 5.02. The summed E-state index contributed by atoms with van der Waals surface area (Å²) in [5.41, 5.74) is 6.64. The summed E-state index contributed by atoms with van der Waals surface area (Å²) in [6.07, 6.45) is 10.2. The van der Waals surface area contributed by atoms with Gasteiger partial charge in [0.2, 0.25) is 0 Å². The zero-order valence-corrected chi connectivity index (χ0v) is 13.9. The molecule has 2 aliphatic carbocycles. The molecular weight excluding hydrogens is 248 g/mol. The van der Waals surface area contributed by atoms with Gasteiger partial charge in [-0.2, -0.15) is 0 Å². The Morgan fingerprint density at radius 1 is 1.00 bits per heavy atom. The molecular formula is C16H34N4. The number of nitrogens with zero attached hydrogens (tertiary/aromatic N) is 2. The van der Waals surface area contributed by atoms with E-state index in [0.717, 1.165) is 6.42 Å². The van der Waals surface area contributed by atoms with E-state index in [0.29, 0.717) is 12.1 Å². The first-order valence-electron chi connectivity index (χ1n) is 8.37. The van der Waals surface area contributed by atoms with Crippen molar-refractivity contribution in [3.63, 3.8) is 0 Å². The summed E-state index contributed by atoms with van der Waals surface area (Å²) in [5, 5.41) is 3.54. The van der Waals surface area contributed by atoms with Crippen molar-refractivity contribution in [1.82, 2.24) is 15.1 Å². The molecule has 0 amide bonds. The lowest BCUT2D eigenvalue weighted by molar-refractivity contribution is -0.0923. The molecule has 118 valence electrons. The minimum atomic E-state index is 0.0371. The highest BCUT2D eigenvalue weighted by Crippen LogP contribution is 2.37. The van der Waals surface area contributed by atoms with Gasteiger partial charge >= 0.3 is 0 Å². The van der Waals surface area contributed by atoms with E-state index in [1.54, 1.807) is 0 Å². The summed E-state index contributed by atoms with van der Waals surface area (Å²) in [4.78, 5) is 5.01. The van der Waals surface area contributed by atoms with Crippen LogP contribution in [0.2, 0.25) is 0 Å². The third-order valence-electron chi connectivity index (χ3n) is 5.89. The highest BCUT2D eigenvalue weighted by Gasteiger charge is 2.47. The van der Waals surface area contributed by atoms with Gasteiger partial charge in [0.05, 0.1) is 5.66 Å². The second-order valence-electron chi connectivity index (χ2n) is 6.98. The molecule has 0 radical (unpaired) electrons. The maximum atomic E-state index is 6.61. The van der Waals surface area contributed by atoms with E-state index >= 15 is 0 Å². The summed E-state index contributed by atoms with van der Waals surface area (Å²) < 4.78 is 0. The van der Waals surface area contributed by atoms with Gasteiger partial charge in [0.15, 0.2) is 0 Å². The summed E-state index contributed by atoms with van der Waals surface area (Å²) in [7, 11) is 8.84. The number of nitrogens with two attached hydrogens (primary N) is 1. The largest absolute Gasteiger partial charge is 0.325 e. The van der Waals surface area contributed by atoms with Crippen molar-refractivity contribution in [1.29, 1.82) is 0 Å². The predicted molar refractivity (Wildman–Crippen MR) is 85.7 cm³/mol.